The molecule has 0 aromatic heterocycles. The Morgan fingerprint density at radius 2 is 1.74 bits per heavy atom. The first-order valence-corrected chi connectivity index (χ1v) is 8.19. The molecule has 0 spiro atoms. The van der Waals surface area contributed by atoms with Crippen LogP contribution >= 0.6 is 0 Å². The molecular formula is C16H26N2O5. The number of nitrogens with zero attached hydrogens (tertiary/aromatic N) is 2. The third kappa shape index (κ3) is 4.84. The van der Waals surface area contributed by atoms with Gasteiger partial charge in [-0.25, -0.2) is 9.59 Å². The number of piperidine rings is 1. The Morgan fingerprint density at radius 3 is 2.30 bits per heavy atom. The van der Waals surface area contributed by atoms with Crippen molar-refractivity contribution in [2.45, 2.75) is 64.2 Å². The van der Waals surface area contributed by atoms with Crippen molar-refractivity contribution < 1.29 is 23.9 Å². The van der Waals surface area contributed by atoms with E-state index in [1.807, 2.05) is 0 Å². The molecule has 2 fully saturated rings. The van der Waals surface area contributed by atoms with Crippen LogP contribution < -0.4 is 0 Å². The van der Waals surface area contributed by atoms with E-state index < -0.39 is 17.7 Å². The van der Waals surface area contributed by atoms with E-state index in [1.165, 1.54) is 4.90 Å². The zero-order valence-electron chi connectivity index (χ0n) is 14.1. The molecule has 23 heavy (non-hydrogen) atoms. The summed E-state index contributed by atoms with van der Waals surface area (Å²) in [6.07, 6.45) is 2.83. The summed E-state index contributed by atoms with van der Waals surface area (Å²) in [6, 6.07) is -0.561. The molecule has 7 heteroatoms. The Bertz CT molecular complexity index is 452. The van der Waals surface area contributed by atoms with E-state index in [2.05, 4.69) is 0 Å². The molecule has 0 N–H and O–H groups in total. The van der Waals surface area contributed by atoms with Crippen LogP contribution in [0.2, 0.25) is 0 Å². The number of carbonyl (C=O) groups excluding carboxylic acids is 3. The van der Waals surface area contributed by atoms with Gasteiger partial charge in [0.25, 0.3) is 0 Å². The molecule has 0 aromatic carbocycles. The van der Waals surface area contributed by atoms with Crippen molar-refractivity contribution in [1.82, 2.24) is 9.80 Å². The minimum atomic E-state index is -0.588. The average molecular weight is 326 g/mol. The minimum absolute atomic E-state index is 0.181. The van der Waals surface area contributed by atoms with Crippen molar-refractivity contribution in [1.29, 1.82) is 0 Å². The van der Waals surface area contributed by atoms with Crippen LogP contribution in [-0.2, 0) is 19.1 Å². The lowest BCUT2D eigenvalue weighted by atomic mass is 10.1. The zero-order chi connectivity index (χ0) is 17.0. The topological polar surface area (TPSA) is 76.2 Å². The smallest absolute Gasteiger partial charge is 0.411 e. The fourth-order valence-electron chi connectivity index (χ4n) is 2.89. The Balaban J connectivity index is 1.88. The Hall–Kier alpha value is -1.79. The maximum atomic E-state index is 12.4. The van der Waals surface area contributed by atoms with Crippen molar-refractivity contribution in [3.8, 4) is 0 Å². The van der Waals surface area contributed by atoms with Gasteiger partial charge in [0.05, 0.1) is 0 Å². The van der Waals surface area contributed by atoms with E-state index in [1.54, 1.807) is 25.7 Å². The summed E-state index contributed by atoms with van der Waals surface area (Å²) < 4.78 is 10.9. The lowest BCUT2D eigenvalue weighted by Crippen LogP contribution is -2.45. The van der Waals surface area contributed by atoms with E-state index in [0.717, 1.165) is 12.8 Å². The van der Waals surface area contributed by atoms with Crippen LogP contribution in [0, 0.1) is 0 Å². The van der Waals surface area contributed by atoms with E-state index in [4.69, 9.17) is 9.47 Å². The summed E-state index contributed by atoms with van der Waals surface area (Å²) in [7, 11) is 0. The molecular weight excluding hydrogens is 300 g/mol. The van der Waals surface area contributed by atoms with Gasteiger partial charge in [0.2, 0.25) is 6.41 Å². The van der Waals surface area contributed by atoms with Gasteiger partial charge in [-0.1, -0.05) is 0 Å². The van der Waals surface area contributed by atoms with Gasteiger partial charge in [0, 0.05) is 32.5 Å². The minimum Gasteiger partial charge on any atom is -0.461 e. The van der Waals surface area contributed by atoms with E-state index >= 15 is 0 Å². The van der Waals surface area contributed by atoms with Gasteiger partial charge < -0.3 is 14.4 Å². The van der Waals surface area contributed by atoms with E-state index in [9.17, 15) is 14.4 Å². The van der Waals surface area contributed by atoms with Gasteiger partial charge in [-0.2, -0.15) is 0 Å². The van der Waals surface area contributed by atoms with Gasteiger partial charge in [0.15, 0.2) is 0 Å². The summed E-state index contributed by atoms with van der Waals surface area (Å²) in [5, 5.41) is 0. The van der Waals surface area contributed by atoms with Crippen molar-refractivity contribution >= 4 is 18.5 Å². The molecule has 2 saturated heterocycles. The largest absolute Gasteiger partial charge is 0.461 e. The van der Waals surface area contributed by atoms with Crippen LogP contribution in [0.4, 0.5) is 4.79 Å². The number of esters is 1. The number of carbonyl (C=O) groups is 3. The van der Waals surface area contributed by atoms with Gasteiger partial charge in [-0.15, -0.1) is 0 Å². The third-order valence-corrected chi connectivity index (χ3v) is 4.06. The van der Waals surface area contributed by atoms with Gasteiger partial charge in [-0.05, 0) is 33.6 Å². The van der Waals surface area contributed by atoms with Gasteiger partial charge >= 0.3 is 12.1 Å². The number of hydrogen-bond donors (Lipinski definition) is 0. The average Bonchev–Trinajstić information content (AvgIpc) is 2.96. The van der Waals surface area contributed by atoms with Gasteiger partial charge in [0.1, 0.15) is 17.7 Å². The highest BCUT2D eigenvalue weighted by atomic mass is 16.6. The number of likely N-dealkylation sites (tertiary alicyclic amines) is 2. The number of ether oxygens (including phenoxy) is 2. The molecule has 1 atom stereocenters. The number of rotatable bonds is 3. The second-order valence-electron chi connectivity index (χ2n) is 7.11. The lowest BCUT2D eigenvalue weighted by molar-refractivity contribution is -0.156. The van der Waals surface area contributed by atoms with Crippen LogP contribution in [-0.4, -0.2) is 65.7 Å². The molecule has 0 aromatic rings. The van der Waals surface area contributed by atoms with Crippen LogP contribution in [0.25, 0.3) is 0 Å². The molecule has 0 bridgehead atoms. The molecule has 0 unspecified atom stereocenters. The quantitative estimate of drug-likeness (QED) is 0.581. The fourth-order valence-corrected chi connectivity index (χ4v) is 2.89. The number of amides is 2. The molecule has 130 valence electrons. The lowest BCUT2D eigenvalue weighted by Gasteiger charge is -2.31. The highest BCUT2D eigenvalue weighted by Crippen LogP contribution is 2.23. The third-order valence-electron chi connectivity index (χ3n) is 4.06. The SMILES string of the molecule is CC(C)(C)OC(=O)N1CCC[C@H]1C(=O)OC1CCN(C=O)CC1. The van der Waals surface area contributed by atoms with Crippen molar-refractivity contribution in [3.63, 3.8) is 0 Å². The molecule has 2 aliphatic heterocycles. The molecule has 2 amide bonds. The van der Waals surface area contributed by atoms with Crippen LogP contribution in [0.3, 0.4) is 0 Å². The maximum Gasteiger partial charge on any atom is 0.411 e. The van der Waals surface area contributed by atoms with Crippen LogP contribution in [0.5, 0.6) is 0 Å². The Labute approximate surface area is 136 Å². The van der Waals surface area contributed by atoms with Crippen LogP contribution in [0.1, 0.15) is 46.5 Å². The summed E-state index contributed by atoms with van der Waals surface area (Å²) in [4.78, 5) is 38.4. The predicted molar refractivity (Wildman–Crippen MR) is 82.7 cm³/mol. The van der Waals surface area contributed by atoms with Gasteiger partial charge in [-0.3, -0.25) is 9.69 Å². The monoisotopic (exact) mass is 326 g/mol. The summed E-state index contributed by atoms with van der Waals surface area (Å²) in [6.45, 7) is 7.11. The maximum absolute atomic E-state index is 12.4. The highest BCUT2D eigenvalue weighted by Gasteiger charge is 2.38. The molecule has 2 heterocycles. The molecule has 2 rings (SSSR count). The first kappa shape index (κ1) is 17.6. The predicted octanol–water partition coefficient (Wildman–Crippen LogP) is 1.55. The molecule has 7 nitrogen and oxygen atoms in total. The van der Waals surface area contributed by atoms with Crippen molar-refractivity contribution in [2.75, 3.05) is 19.6 Å². The normalized spacial score (nSPS) is 22.8. The van der Waals surface area contributed by atoms with Crippen molar-refractivity contribution in [2.24, 2.45) is 0 Å². The second kappa shape index (κ2) is 7.19. The van der Waals surface area contributed by atoms with Crippen molar-refractivity contribution in [3.05, 3.63) is 0 Å². The Morgan fingerprint density at radius 1 is 1.09 bits per heavy atom. The first-order valence-electron chi connectivity index (χ1n) is 8.19. The first-order chi connectivity index (χ1) is 10.8. The fraction of sp³-hybridized carbons (Fsp3) is 0.812. The molecule has 0 radical (unpaired) electrons. The second-order valence-corrected chi connectivity index (χ2v) is 7.11. The van der Waals surface area contributed by atoms with Crippen LogP contribution in [0.15, 0.2) is 0 Å². The Kier molecular flexibility index (Phi) is 5.49. The molecule has 2 aliphatic rings. The summed E-state index contributed by atoms with van der Waals surface area (Å²) >= 11 is 0. The number of hydrogen-bond acceptors (Lipinski definition) is 5. The highest BCUT2D eigenvalue weighted by molar-refractivity contribution is 5.82. The molecule has 0 aliphatic carbocycles. The molecule has 0 saturated carbocycles. The zero-order valence-corrected chi connectivity index (χ0v) is 14.1. The van der Waals surface area contributed by atoms with E-state index in [-0.39, 0.29) is 12.1 Å². The summed E-state index contributed by atoms with van der Waals surface area (Å²) in [5.74, 6) is -0.363. The van der Waals surface area contributed by atoms with E-state index in [0.29, 0.717) is 38.9 Å². The standard InChI is InChI=1S/C16H26N2O5/c1-16(2,3)23-15(21)18-8-4-5-13(18)14(20)22-12-6-9-17(11-19)10-7-12/h11-13H,4-10H2,1-3H3/t13-/m0/s1. The summed E-state index contributed by atoms with van der Waals surface area (Å²) in [5.41, 5.74) is -0.588.